The van der Waals surface area contributed by atoms with E-state index in [0.29, 0.717) is 5.69 Å². The second-order valence-corrected chi connectivity index (χ2v) is 9.17. The molecule has 0 aliphatic carbocycles. The average molecular weight is 416 g/mol. The Kier molecular flexibility index (Phi) is 6.04. The van der Waals surface area contributed by atoms with Crippen LogP contribution in [0.25, 0.3) is 0 Å². The summed E-state index contributed by atoms with van der Waals surface area (Å²) in [6, 6.07) is 13.6. The van der Waals surface area contributed by atoms with Crippen molar-refractivity contribution in [3.63, 3.8) is 0 Å². The molecule has 8 heteroatoms. The third-order valence-electron chi connectivity index (χ3n) is 4.88. The number of anilines is 1. The number of nitrogens with one attached hydrogen (secondary N) is 1. The number of rotatable bonds is 5. The number of aryl methyl sites for hydroxylation is 1. The Balaban J connectivity index is 1.72. The molecule has 154 valence electrons. The number of fused-ring (bicyclic) bond motifs is 1. The molecule has 1 aliphatic heterocycles. The molecule has 2 aromatic rings. The van der Waals surface area contributed by atoms with Crippen molar-refractivity contribution in [2.45, 2.75) is 39.0 Å². The first-order chi connectivity index (χ1) is 13.6. The first-order valence-electron chi connectivity index (χ1n) is 9.27. The summed E-state index contributed by atoms with van der Waals surface area (Å²) in [6.45, 7) is 3.49. The predicted octanol–water partition coefficient (Wildman–Crippen LogP) is 2.25. The van der Waals surface area contributed by atoms with Crippen LogP contribution < -0.4 is 5.32 Å². The van der Waals surface area contributed by atoms with Gasteiger partial charge in [-0.25, -0.2) is 8.42 Å². The van der Waals surface area contributed by atoms with Crippen molar-refractivity contribution in [1.29, 1.82) is 0 Å². The van der Waals surface area contributed by atoms with Gasteiger partial charge in [-0.1, -0.05) is 42.0 Å². The monoisotopic (exact) mass is 416 g/mol. The van der Waals surface area contributed by atoms with Crippen LogP contribution in [0.4, 0.5) is 5.69 Å². The van der Waals surface area contributed by atoms with E-state index in [0.717, 1.165) is 27.3 Å². The summed E-state index contributed by atoms with van der Waals surface area (Å²) in [5.41, 5.74) is 3.40. The number of nitrogens with zero attached hydrogens (tertiary/aromatic N) is 1. The summed E-state index contributed by atoms with van der Waals surface area (Å²) >= 11 is 0. The van der Waals surface area contributed by atoms with Gasteiger partial charge in [0.05, 0.1) is 6.26 Å². The normalized spacial score (nSPS) is 17.8. The molecule has 1 heterocycles. The lowest BCUT2D eigenvalue weighted by atomic mass is 9.96. The highest BCUT2D eigenvalue weighted by Crippen LogP contribution is 2.26. The largest absolute Gasteiger partial charge is 0.451 e. The summed E-state index contributed by atoms with van der Waals surface area (Å²) in [5.74, 6) is -1.22. The number of benzene rings is 2. The minimum Gasteiger partial charge on any atom is -0.451 e. The molecule has 1 amide bonds. The van der Waals surface area contributed by atoms with Gasteiger partial charge in [0.2, 0.25) is 10.0 Å². The minimum absolute atomic E-state index is 0.0959. The van der Waals surface area contributed by atoms with Crippen LogP contribution in [0, 0.1) is 6.92 Å². The molecule has 0 aromatic heterocycles. The minimum atomic E-state index is -3.64. The predicted molar refractivity (Wildman–Crippen MR) is 110 cm³/mol. The highest BCUT2D eigenvalue weighted by Gasteiger charge is 2.38. The van der Waals surface area contributed by atoms with Crippen LogP contribution in [0.2, 0.25) is 0 Å². The molecule has 2 aromatic carbocycles. The third kappa shape index (κ3) is 5.02. The maximum absolute atomic E-state index is 12.8. The van der Waals surface area contributed by atoms with Gasteiger partial charge in [0.25, 0.3) is 5.91 Å². The van der Waals surface area contributed by atoms with E-state index in [-0.39, 0.29) is 13.0 Å². The maximum Gasteiger partial charge on any atom is 0.325 e. The van der Waals surface area contributed by atoms with E-state index >= 15 is 0 Å². The molecule has 1 aliphatic rings. The van der Waals surface area contributed by atoms with E-state index in [1.165, 1.54) is 6.92 Å². The number of hydrogen-bond donors (Lipinski definition) is 1. The van der Waals surface area contributed by atoms with Gasteiger partial charge in [-0.15, -0.1) is 0 Å². The number of hydrogen-bond acceptors (Lipinski definition) is 5. The van der Waals surface area contributed by atoms with E-state index < -0.39 is 34.0 Å². The first kappa shape index (κ1) is 21.0. The Morgan fingerprint density at radius 3 is 2.34 bits per heavy atom. The smallest absolute Gasteiger partial charge is 0.325 e. The molecule has 0 fully saturated rings. The van der Waals surface area contributed by atoms with Crippen molar-refractivity contribution in [2.75, 3.05) is 11.6 Å². The first-order valence-corrected chi connectivity index (χ1v) is 11.1. The van der Waals surface area contributed by atoms with Crippen LogP contribution in [0.1, 0.15) is 23.6 Å². The zero-order chi connectivity index (χ0) is 21.2. The Morgan fingerprint density at radius 1 is 1.10 bits per heavy atom. The van der Waals surface area contributed by atoms with Gasteiger partial charge in [-0.05, 0) is 37.1 Å². The molecule has 0 saturated heterocycles. The summed E-state index contributed by atoms with van der Waals surface area (Å²) in [6.07, 6.45) is 0.200. The Bertz CT molecular complexity index is 1020. The molecule has 0 saturated carbocycles. The van der Waals surface area contributed by atoms with Crippen molar-refractivity contribution < 1.29 is 22.7 Å². The standard InChI is InChI=1S/C21H24N2O5S/c1-14-8-10-18(11-9-14)22-20(24)15(2)28-21(25)19-12-16-6-4-5-7-17(16)13-23(19)29(3,26)27/h4-11,15,19H,12-13H2,1-3H3,(H,22,24)/t15-,19-/m0/s1. The lowest BCUT2D eigenvalue weighted by Crippen LogP contribution is -2.50. The third-order valence-corrected chi connectivity index (χ3v) is 6.12. The SMILES string of the molecule is Cc1ccc(NC(=O)[C@H](C)OC(=O)[C@@H]2Cc3ccccc3CN2S(C)(=O)=O)cc1. The number of sulfonamides is 1. The van der Waals surface area contributed by atoms with Gasteiger partial charge in [-0.3, -0.25) is 9.59 Å². The van der Waals surface area contributed by atoms with Crippen molar-refractivity contribution in [3.05, 3.63) is 65.2 Å². The fourth-order valence-electron chi connectivity index (χ4n) is 3.24. The lowest BCUT2D eigenvalue weighted by molar-refractivity contribution is -0.157. The molecule has 3 rings (SSSR count). The van der Waals surface area contributed by atoms with Crippen molar-refractivity contribution in [3.8, 4) is 0 Å². The fourth-order valence-corrected chi connectivity index (χ4v) is 4.23. The van der Waals surface area contributed by atoms with Gasteiger partial charge in [0.1, 0.15) is 6.04 Å². The van der Waals surface area contributed by atoms with Crippen LogP contribution in [-0.2, 0) is 37.3 Å². The average Bonchev–Trinajstić information content (AvgIpc) is 2.67. The van der Waals surface area contributed by atoms with E-state index in [4.69, 9.17) is 4.74 Å². The zero-order valence-electron chi connectivity index (χ0n) is 16.6. The lowest BCUT2D eigenvalue weighted by Gasteiger charge is -2.33. The van der Waals surface area contributed by atoms with Crippen LogP contribution in [0.5, 0.6) is 0 Å². The highest BCUT2D eigenvalue weighted by atomic mass is 32.2. The van der Waals surface area contributed by atoms with Crippen LogP contribution in [-0.4, -0.2) is 43.0 Å². The molecule has 0 unspecified atom stereocenters. The van der Waals surface area contributed by atoms with Crippen LogP contribution in [0.15, 0.2) is 48.5 Å². The van der Waals surface area contributed by atoms with Crippen LogP contribution in [0.3, 0.4) is 0 Å². The van der Waals surface area contributed by atoms with Gasteiger partial charge >= 0.3 is 5.97 Å². The van der Waals surface area contributed by atoms with Crippen molar-refractivity contribution in [2.24, 2.45) is 0 Å². The second-order valence-electron chi connectivity index (χ2n) is 7.23. The molecular formula is C21H24N2O5S. The maximum atomic E-state index is 12.8. The number of amides is 1. The molecule has 7 nitrogen and oxygen atoms in total. The van der Waals surface area contributed by atoms with Crippen LogP contribution >= 0.6 is 0 Å². The van der Waals surface area contributed by atoms with Crippen molar-refractivity contribution in [1.82, 2.24) is 4.31 Å². The number of ether oxygens (including phenoxy) is 1. The Hall–Kier alpha value is -2.71. The molecule has 29 heavy (non-hydrogen) atoms. The van der Waals surface area contributed by atoms with Gasteiger partial charge in [0, 0.05) is 18.7 Å². The van der Waals surface area contributed by atoms with Gasteiger partial charge in [0.15, 0.2) is 6.10 Å². The summed E-state index contributed by atoms with van der Waals surface area (Å²) in [5, 5.41) is 2.69. The Labute approximate surface area is 170 Å². The quantitative estimate of drug-likeness (QED) is 0.755. The van der Waals surface area contributed by atoms with E-state index in [2.05, 4.69) is 5.32 Å². The summed E-state index contributed by atoms with van der Waals surface area (Å²) in [7, 11) is -3.64. The highest BCUT2D eigenvalue weighted by molar-refractivity contribution is 7.88. The second kappa shape index (κ2) is 8.34. The number of carbonyl (C=O) groups is 2. The van der Waals surface area contributed by atoms with E-state index in [9.17, 15) is 18.0 Å². The summed E-state index contributed by atoms with van der Waals surface area (Å²) in [4.78, 5) is 25.1. The topological polar surface area (TPSA) is 92.8 Å². The van der Waals surface area contributed by atoms with E-state index in [1.54, 1.807) is 12.1 Å². The van der Waals surface area contributed by atoms with Gasteiger partial charge in [-0.2, -0.15) is 4.31 Å². The summed E-state index contributed by atoms with van der Waals surface area (Å²) < 4.78 is 30.9. The number of esters is 1. The molecule has 2 atom stereocenters. The van der Waals surface area contributed by atoms with Gasteiger partial charge < -0.3 is 10.1 Å². The van der Waals surface area contributed by atoms with E-state index in [1.807, 2.05) is 43.3 Å². The number of carbonyl (C=O) groups excluding carboxylic acids is 2. The molecule has 0 radical (unpaired) electrons. The molecule has 0 bridgehead atoms. The zero-order valence-corrected chi connectivity index (χ0v) is 17.4. The Morgan fingerprint density at radius 2 is 1.72 bits per heavy atom. The molecular weight excluding hydrogens is 392 g/mol. The fraction of sp³-hybridized carbons (Fsp3) is 0.333. The molecule has 1 N–H and O–H groups in total. The van der Waals surface area contributed by atoms with Crippen molar-refractivity contribution >= 4 is 27.6 Å². The molecule has 0 spiro atoms.